The highest BCUT2D eigenvalue weighted by Gasteiger charge is 2.40. The monoisotopic (exact) mass is 434 g/mol. The van der Waals surface area contributed by atoms with Gasteiger partial charge in [-0.25, -0.2) is 0 Å². The number of carbonyl (C=O) groups excluding carboxylic acids is 3. The minimum absolute atomic E-state index is 0.0328. The number of para-hydroxylation sites is 1. The summed E-state index contributed by atoms with van der Waals surface area (Å²) in [6.07, 6.45) is 2.68. The molecule has 0 fully saturated rings. The first kappa shape index (κ1) is 22.0. The predicted molar refractivity (Wildman–Crippen MR) is 122 cm³/mol. The summed E-state index contributed by atoms with van der Waals surface area (Å²) in [7, 11) is 1.75. The van der Waals surface area contributed by atoms with Gasteiger partial charge in [-0.1, -0.05) is 45.0 Å². The molecule has 1 aromatic carbocycles. The molecule has 32 heavy (non-hydrogen) atoms. The third kappa shape index (κ3) is 4.24. The molecule has 7 nitrogen and oxygen atoms in total. The number of carbonyl (C=O) groups is 3. The summed E-state index contributed by atoms with van der Waals surface area (Å²) in [6, 6.07) is 10.8. The van der Waals surface area contributed by atoms with Gasteiger partial charge in [-0.05, 0) is 36.0 Å². The van der Waals surface area contributed by atoms with Crippen LogP contribution in [0.5, 0.6) is 0 Å². The lowest BCUT2D eigenvalue weighted by Gasteiger charge is -2.34. The van der Waals surface area contributed by atoms with E-state index in [4.69, 9.17) is 0 Å². The Hall–Kier alpha value is -3.22. The van der Waals surface area contributed by atoms with Gasteiger partial charge in [0.15, 0.2) is 0 Å². The number of hydrogen-bond acceptors (Lipinski definition) is 4. The van der Waals surface area contributed by atoms with Crippen LogP contribution in [0.2, 0.25) is 0 Å². The SMILES string of the molecule is CN(CC[C@H]1C(=O)Nc2ccccc21)C(=O)[C@H](CC(C)(C)C)N1Cc2cccnc2C1=O. The quantitative estimate of drug-likeness (QED) is 0.755. The summed E-state index contributed by atoms with van der Waals surface area (Å²) in [6.45, 7) is 7.02. The molecule has 2 aliphatic rings. The van der Waals surface area contributed by atoms with Gasteiger partial charge >= 0.3 is 0 Å². The van der Waals surface area contributed by atoms with E-state index in [0.29, 0.717) is 31.6 Å². The number of aromatic nitrogens is 1. The molecular formula is C25H30N4O3. The van der Waals surface area contributed by atoms with Crippen molar-refractivity contribution >= 4 is 23.4 Å². The molecule has 0 radical (unpaired) electrons. The molecule has 2 aliphatic heterocycles. The number of hydrogen-bond donors (Lipinski definition) is 1. The van der Waals surface area contributed by atoms with Gasteiger partial charge in [0.25, 0.3) is 5.91 Å². The molecule has 0 saturated carbocycles. The number of amides is 3. The number of anilines is 1. The van der Waals surface area contributed by atoms with E-state index >= 15 is 0 Å². The van der Waals surface area contributed by atoms with Crippen molar-refractivity contribution in [2.75, 3.05) is 18.9 Å². The highest BCUT2D eigenvalue weighted by atomic mass is 16.2. The number of benzene rings is 1. The Labute approximate surface area is 188 Å². The molecule has 2 aromatic rings. The Bertz CT molecular complexity index is 1060. The molecule has 168 valence electrons. The predicted octanol–water partition coefficient (Wildman–Crippen LogP) is 3.43. The first-order valence-corrected chi connectivity index (χ1v) is 11.1. The van der Waals surface area contributed by atoms with E-state index in [1.54, 1.807) is 23.0 Å². The summed E-state index contributed by atoms with van der Waals surface area (Å²) < 4.78 is 0. The van der Waals surface area contributed by atoms with Crippen molar-refractivity contribution in [2.24, 2.45) is 5.41 Å². The van der Waals surface area contributed by atoms with Crippen LogP contribution >= 0.6 is 0 Å². The Morgan fingerprint density at radius 2 is 1.97 bits per heavy atom. The fourth-order valence-corrected chi connectivity index (χ4v) is 4.56. The second-order valence-electron chi connectivity index (χ2n) is 9.90. The standard InChI is InChI=1S/C25H30N4O3/c1-25(2,3)14-20(29-15-16-8-7-12-26-21(16)24(29)32)23(31)28(4)13-11-18-17-9-5-6-10-19(17)27-22(18)30/h5-10,12,18,20H,11,13-15H2,1-4H3,(H,27,30)/t18-,20+/m1/s1. The lowest BCUT2D eigenvalue weighted by molar-refractivity contribution is -0.136. The molecule has 4 rings (SSSR count). The van der Waals surface area contributed by atoms with E-state index in [0.717, 1.165) is 16.8 Å². The smallest absolute Gasteiger partial charge is 0.273 e. The van der Waals surface area contributed by atoms with Gasteiger partial charge in [-0.2, -0.15) is 0 Å². The van der Waals surface area contributed by atoms with Crippen molar-refractivity contribution in [3.63, 3.8) is 0 Å². The fraction of sp³-hybridized carbons (Fsp3) is 0.440. The van der Waals surface area contributed by atoms with Crippen LogP contribution in [0.1, 0.15) is 61.1 Å². The molecule has 0 bridgehead atoms. The van der Waals surface area contributed by atoms with Gasteiger partial charge in [-0.3, -0.25) is 19.4 Å². The van der Waals surface area contributed by atoms with Crippen LogP contribution in [0.4, 0.5) is 5.69 Å². The average Bonchev–Trinajstić information content (AvgIpc) is 3.25. The van der Waals surface area contributed by atoms with Crippen LogP contribution in [0.25, 0.3) is 0 Å². The third-order valence-corrected chi connectivity index (χ3v) is 6.20. The summed E-state index contributed by atoms with van der Waals surface area (Å²) in [5.41, 5.74) is 2.96. The largest absolute Gasteiger partial charge is 0.344 e. The highest BCUT2D eigenvalue weighted by molar-refractivity contribution is 6.03. The zero-order valence-corrected chi connectivity index (χ0v) is 19.1. The second-order valence-corrected chi connectivity index (χ2v) is 9.90. The van der Waals surface area contributed by atoms with E-state index in [1.165, 1.54) is 0 Å². The van der Waals surface area contributed by atoms with Crippen molar-refractivity contribution in [2.45, 2.75) is 52.1 Å². The third-order valence-electron chi connectivity index (χ3n) is 6.20. The summed E-state index contributed by atoms with van der Waals surface area (Å²) in [4.78, 5) is 46.6. The number of likely N-dealkylation sites (N-methyl/N-ethyl adjacent to an activating group) is 1. The van der Waals surface area contributed by atoms with Gasteiger partial charge in [-0.15, -0.1) is 0 Å². The number of nitrogens with one attached hydrogen (secondary N) is 1. The first-order valence-electron chi connectivity index (χ1n) is 11.1. The van der Waals surface area contributed by atoms with E-state index in [1.807, 2.05) is 36.4 Å². The molecule has 3 amide bonds. The van der Waals surface area contributed by atoms with Crippen LogP contribution in [-0.4, -0.2) is 52.1 Å². The van der Waals surface area contributed by atoms with E-state index in [2.05, 4.69) is 31.1 Å². The summed E-state index contributed by atoms with van der Waals surface area (Å²) in [5, 5.41) is 2.91. The number of nitrogens with zero attached hydrogens (tertiary/aromatic N) is 3. The van der Waals surface area contributed by atoms with Gasteiger partial charge in [0, 0.05) is 37.6 Å². The Kier molecular flexibility index (Phi) is 5.75. The van der Waals surface area contributed by atoms with Crippen molar-refractivity contribution in [1.29, 1.82) is 0 Å². The minimum Gasteiger partial charge on any atom is -0.344 e. The van der Waals surface area contributed by atoms with Crippen LogP contribution < -0.4 is 5.32 Å². The number of pyridine rings is 1. The van der Waals surface area contributed by atoms with Gasteiger partial charge in [0.05, 0.1) is 5.92 Å². The molecule has 0 aliphatic carbocycles. The zero-order valence-electron chi connectivity index (χ0n) is 19.1. The van der Waals surface area contributed by atoms with Crippen LogP contribution in [0.15, 0.2) is 42.6 Å². The molecule has 0 saturated heterocycles. The lowest BCUT2D eigenvalue weighted by Crippen LogP contribution is -2.49. The van der Waals surface area contributed by atoms with Gasteiger partial charge in [0.2, 0.25) is 11.8 Å². The fourth-order valence-electron chi connectivity index (χ4n) is 4.56. The first-order chi connectivity index (χ1) is 15.2. The van der Waals surface area contributed by atoms with Gasteiger partial charge in [0.1, 0.15) is 11.7 Å². The maximum Gasteiger partial charge on any atom is 0.273 e. The maximum absolute atomic E-state index is 13.5. The molecule has 7 heteroatoms. The molecular weight excluding hydrogens is 404 g/mol. The Balaban J connectivity index is 1.49. The van der Waals surface area contributed by atoms with Crippen molar-refractivity contribution in [3.8, 4) is 0 Å². The molecule has 1 N–H and O–H groups in total. The van der Waals surface area contributed by atoms with Crippen molar-refractivity contribution in [3.05, 3.63) is 59.4 Å². The molecule has 2 atom stereocenters. The van der Waals surface area contributed by atoms with Crippen molar-refractivity contribution < 1.29 is 14.4 Å². The summed E-state index contributed by atoms with van der Waals surface area (Å²) in [5.74, 6) is -0.604. The molecule has 0 spiro atoms. The number of rotatable bonds is 6. The second kappa shape index (κ2) is 8.37. The average molecular weight is 435 g/mol. The summed E-state index contributed by atoms with van der Waals surface area (Å²) >= 11 is 0. The van der Waals surface area contributed by atoms with Gasteiger partial charge < -0.3 is 15.1 Å². The Morgan fingerprint density at radius 1 is 1.22 bits per heavy atom. The normalized spacial score (nSPS) is 18.2. The van der Waals surface area contributed by atoms with Crippen LogP contribution in [-0.2, 0) is 16.1 Å². The highest BCUT2D eigenvalue weighted by Crippen LogP contribution is 2.35. The zero-order chi connectivity index (χ0) is 23.0. The van der Waals surface area contributed by atoms with Crippen molar-refractivity contribution in [1.82, 2.24) is 14.8 Å². The number of fused-ring (bicyclic) bond motifs is 2. The van der Waals surface area contributed by atoms with Crippen LogP contribution in [0, 0.1) is 5.41 Å². The lowest BCUT2D eigenvalue weighted by atomic mass is 9.87. The van der Waals surface area contributed by atoms with E-state index < -0.39 is 6.04 Å². The van der Waals surface area contributed by atoms with E-state index in [9.17, 15) is 14.4 Å². The molecule has 0 unspecified atom stereocenters. The van der Waals surface area contributed by atoms with Crippen LogP contribution in [0.3, 0.4) is 0 Å². The minimum atomic E-state index is -0.577. The molecule has 1 aromatic heterocycles. The molecule has 3 heterocycles. The topological polar surface area (TPSA) is 82.6 Å². The Morgan fingerprint density at radius 3 is 2.69 bits per heavy atom. The van der Waals surface area contributed by atoms with E-state index in [-0.39, 0.29) is 29.1 Å². The maximum atomic E-state index is 13.5.